The van der Waals surface area contributed by atoms with E-state index >= 15 is 0 Å². The lowest BCUT2D eigenvalue weighted by Crippen LogP contribution is -2.42. The summed E-state index contributed by atoms with van der Waals surface area (Å²) in [6.45, 7) is 1.45. The highest BCUT2D eigenvalue weighted by atomic mass is 35.5. The van der Waals surface area contributed by atoms with Crippen LogP contribution in [0.5, 0.6) is 0 Å². The van der Waals surface area contributed by atoms with E-state index in [0.29, 0.717) is 18.5 Å². The molecule has 1 aromatic rings. The molecule has 0 bridgehead atoms. The quantitative estimate of drug-likeness (QED) is 0.811. The van der Waals surface area contributed by atoms with Gasteiger partial charge in [-0.2, -0.15) is 0 Å². The van der Waals surface area contributed by atoms with Crippen molar-refractivity contribution in [3.63, 3.8) is 0 Å². The van der Waals surface area contributed by atoms with Crippen LogP contribution in [0.2, 0.25) is 0 Å². The van der Waals surface area contributed by atoms with Gasteiger partial charge in [-0.05, 0) is 12.8 Å². The van der Waals surface area contributed by atoms with Gasteiger partial charge >= 0.3 is 6.01 Å². The summed E-state index contributed by atoms with van der Waals surface area (Å²) >= 11 is 5.60. The van der Waals surface area contributed by atoms with Crippen LogP contribution >= 0.6 is 11.6 Å². The van der Waals surface area contributed by atoms with Crippen molar-refractivity contribution < 1.29 is 9.21 Å². The van der Waals surface area contributed by atoms with E-state index in [9.17, 15) is 4.79 Å². The van der Waals surface area contributed by atoms with Crippen molar-refractivity contribution in [3.05, 3.63) is 5.89 Å². The van der Waals surface area contributed by atoms with Crippen LogP contribution in [0, 0.1) is 5.92 Å². The van der Waals surface area contributed by atoms with Crippen molar-refractivity contribution in [3.8, 4) is 0 Å². The Morgan fingerprint density at radius 1 is 1.65 bits per heavy atom. The first-order valence-electron chi connectivity index (χ1n) is 5.59. The van der Waals surface area contributed by atoms with E-state index in [1.165, 1.54) is 0 Å². The average Bonchev–Trinajstić information content (AvgIpc) is 2.86. The minimum Gasteiger partial charge on any atom is -0.407 e. The molecule has 0 aromatic carbocycles. The Labute approximate surface area is 104 Å². The van der Waals surface area contributed by atoms with Crippen LogP contribution in [0.3, 0.4) is 0 Å². The van der Waals surface area contributed by atoms with Gasteiger partial charge in [0, 0.05) is 20.1 Å². The van der Waals surface area contributed by atoms with Crippen LogP contribution in [0.4, 0.5) is 6.01 Å². The molecule has 1 saturated heterocycles. The second-order valence-electron chi connectivity index (χ2n) is 4.01. The number of halogens is 1. The first-order chi connectivity index (χ1) is 8.24. The minimum atomic E-state index is -0.0138. The Hall–Kier alpha value is -1.30. The number of aromatic nitrogens is 2. The summed E-state index contributed by atoms with van der Waals surface area (Å²) in [5.41, 5.74) is 0. The Bertz CT molecular complexity index is 395. The lowest BCUT2D eigenvalue weighted by molar-refractivity contribution is -0.124. The number of carbonyl (C=O) groups excluding carboxylic acids is 1. The first-order valence-corrected chi connectivity index (χ1v) is 6.13. The van der Waals surface area contributed by atoms with E-state index in [1.54, 1.807) is 7.05 Å². The Balaban J connectivity index is 2.04. The fourth-order valence-electron chi connectivity index (χ4n) is 2.00. The Morgan fingerprint density at radius 2 is 2.47 bits per heavy atom. The van der Waals surface area contributed by atoms with Crippen molar-refractivity contribution in [1.29, 1.82) is 0 Å². The van der Waals surface area contributed by atoms with Crippen LogP contribution < -0.4 is 10.2 Å². The molecule has 7 heteroatoms. The van der Waals surface area contributed by atoms with E-state index < -0.39 is 0 Å². The molecule has 17 heavy (non-hydrogen) atoms. The number of carbonyl (C=O) groups is 1. The highest BCUT2D eigenvalue weighted by Crippen LogP contribution is 2.22. The second-order valence-corrected chi connectivity index (χ2v) is 4.28. The van der Waals surface area contributed by atoms with Crippen molar-refractivity contribution in [2.24, 2.45) is 5.92 Å². The number of hydrogen-bond donors (Lipinski definition) is 1. The summed E-state index contributed by atoms with van der Waals surface area (Å²) in [5.74, 6) is 0.662. The summed E-state index contributed by atoms with van der Waals surface area (Å²) in [7, 11) is 1.65. The number of rotatable bonds is 3. The molecular weight excluding hydrogens is 244 g/mol. The fourth-order valence-corrected chi connectivity index (χ4v) is 2.10. The van der Waals surface area contributed by atoms with Crippen molar-refractivity contribution in [2.45, 2.75) is 18.7 Å². The zero-order valence-corrected chi connectivity index (χ0v) is 10.4. The molecule has 6 nitrogen and oxygen atoms in total. The van der Waals surface area contributed by atoms with Crippen LogP contribution in [0.15, 0.2) is 4.42 Å². The molecule has 1 unspecified atom stereocenters. The number of amides is 1. The van der Waals surface area contributed by atoms with E-state index in [4.69, 9.17) is 16.0 Å². The molecule has 1 atom stereocenters. The smallest absolute Gasteiger partial charge is 0.318 e. The molecule has 2 heterocycles. The number of hydrogen-bond acceptors (Lipinski definition) is 5. The zero-order chi connectivity index (χ0) is 12.3. The maximum absolute atomic E-state index is 11.6. The van der Waals surface area contributed by atoms with Crippen molar-refractivity contribution in [2.75, 3.05) is 25.0 Å². The molecule has 0 aliphatic carbocycles. The molecule has 1 aromatic heterocycles. The monoisotopic (exact) mass is 258 g/mol. The molecule has 0 spiro atoms. The zero-order valence-electron chi connectivity index (χ0n) is 9.65. The van der Waals surface area contributed by atoms with Gasteiger partial charge < -0.3 is 14.6 Å². The molecular formula is C10H15ClN4O2. The van der Waals surface area contributed by atoms with Gasteiger partial charge in [-0.25, -0.2) is 0 Å². The normalized spacial score (nSPS) is 20.4. The Kier molecular flexibility index (Phi) is 3.83. The van der Waals surface area contributed by atoms with E-state index in [1.807, 2.05) is 4.90 Å². The van der Waals surface area contributed by atoms with Gasteiger partial charge in [-0.3, -0.25) is 4.79 Å². The SMILES string of the molecule is CNC(=O)C1CCCN(c2nnc(CCl)o2)C1. The molecule has 1 N–H and O–H groups in total. The molecule has 1 fully saturated rings. The number of alkyl halides is 1. The van der Waals surface area contributed by atoms with Gasteiger partial charge in [0.15, 0.2) is 0 Å². The van der Waals surface area contributed by atoms with Crippen LogP contribution in [-0.2, 0) is 10.7 Å². The number of piperidine rings is 1. The molecule has 1 aliphatic rings. The third-order valence-corrected chi connectivity index (χ3v) is 3.11. The molecule has 1 aliphatic heterocycles. The van der Waals surface area contributed by atoms with Gasteiger partial charge in [0.2, 0.25) is 11.8 Å². The number of anilines is 1. The van der Waals surface area contributed by atoms with E-state index in [0.717, 1.165) is 19.4 Å². The van der Waals surface area contributed by atoms with Gasteiger partial charge in [-0.1, -0.05) is 5.10 Å². The van der Waals surface area contributed by atoms with Crippen LogP contribution in [0.1, 0.15) is 18.7 Å². The summed E-state index contributed by atoms with van der Waals surface area (Å²) < 4.78 is 5.37. The van der Waals surface area contributed by atoms with Gasteiger partial charge in [0.1, 0.15) is 5.88 Å². The first kappa shape index (κ1) is 12.2. The third-order valence-electron chi connectivity index (χ3n) is 2.88. The van der Waals surface area contributed by atoms with Crippen LogP contribution in [0.25, 0.3) is 0 Å². The highest BCUT2D eigenvalue weighted by molar-refractivity contribution is 6.16. The predicted molar refractivity (Wildman–Crippen MR) is 62.9 cm³/mol. The fraction of sp³-hybridized carbons (Fsp3) is 0.700. The minimum absolute atomic E-state index is 0.0138. The van der Waals surface area contributed by atoms with Crippen molar-refractivity contribution in [1.82, 2.24) is 15.5 Å². The number of nitrogens with zero attached hydrogens (tertiary/aromatic N) is 3. The molecule has 94 valence electrons. The maximum Gasteiger partial charge on any atom is 0.318 e. The van der Waals surface area contributed by atoms with Crippen molar-refractivity contribution >= 4 is 23.5 Å². The largest absolute Gasteiger partial charge is 0.407 e. The molecule has 1 amide bonds. The summed E-state index contributed by atoms with van der Waals surface area (Å²) in [6, 6.07) is 0.453. The van der Waals surface area contributed by atoms with Gasteiger partial charge in [0.05, 0.1) is 5.92 Å². The molecule has 0 radical (unpaired) electrons. The third kappa shape index (κ3) is 2.69. The predicted octanol–water partition coefficient (Wildman–Crippen LogP) is 0.771. The lowest BCUT2D eigenvalue weighted by Gasteiger charge is -2.30. The maximum atomic E-state index is 11.6. The lowest BCUT2D eigenvalue weighted by atomic mass is 9.97. The second kappa shape index (κ2) is 5.35. The number of nitrogens with one attached hydrogen (secondary N) is 1. The molecule has 0 saturated carbocycles. The van der Waals surface area contributed by atoms with Crippen LogP contribution in [-0.4, -0.2) is 36.2 Å². The Morgan fingerprint density at radius 3 is 3.12 bits per heavy atom. The van der Waals surface area contributed by atoms with E-state index in [-0.39, 0.29) is 17.7 Å². The standard InChI is InChI=1S/C10H15ClN4O2/c1-12-9(16)7-3-2-4-15(6-7)10-14-13-8(5-11)17-10/h7H,2-6H2,1H3,(H,12,16). The summed E-state index contributed by atoms with van der Waals surface area (Å²) in [6.07, 6.45) is 1.84. The van der Waals surface area contributed by atoms with E-state index in [2.05, 4.69) is 15.5 Å². The molecule has 2 rings (SSSR count). The average molecular weight is 259 g/mol. The summed E-state index contributed by atoms with van der Waals surface area (Å²) in [5, 5.41) is 10.4. The topological polar surface area (TPSA) is 71.3 Å². The van der Waals surface area contributed by atoms with Gasteiger partial charge in [-0.15, -0.1) is 16.7 Å². The van der Waals surface area contributed by atoms with Gasteiger partial charge in [0.25, 0.3) is 0 Å². The summed E-state index contributed by atoms with van der Waals surface area (Å²) in [4.78, 5) is 13.5. The highest BCUT2D eigenvalue weighted by Gasteiger charge is 2.27.